The zero-order valence-corrected chi connectivity index (χ0v) is 17.8. The number of hydrogen-bond acceptors (Lipinski definition) is 5. The highest BCUT2D eigenvalue weighted by atomic mass is 19.1. The van der Waals surface area contributed by atoms with Gasteiger partial charge in [0.25, 0.3) is 0 Å². The van der Waals surface area contributed by atoms with E-state index in [1.165, 1.54) is 40.1 Å². The first-order valence-electron chi connectivity index (χ1n) is 10.2. The van der Waals surface area contributed by atoms with Crippen LogP contribution in [0, 0.1) is 27.7 Å². The molecule has 0 aliphatic carbocycles. The van der Waals surface area contributed by atoms with Crippen LogP contribution in [0.4, 0.5) is 20.2 Å². The van der Waals surface area contributed by atoms with Crippen molar-refractivity contribution >= 4 is 29.1 Å². The summed E-state index contributed by atoms with van der Waals surface area (Å²) >= 11 is 0. The molecule has 3 amide bonds. The third-order valence-corrected chi connectivity index (χ3v) is 5.34. The van der Waals surface area contributed by atoms with Crippen molar-refractivity contribution in [3.05, 3.63) is 69.8 Å². The number of rotatable bonds is 8. The molecule has 0 spiro atoms. The quantitative estimate of drug-likeness (QED) is 0.480. The molecule has 1 saturated heterocycles. The van der Waals surface area contributed by atoms with Crippen LogP contribution in [0.2, 0.25) is 0 Å². The van der Waals surface area contributed by atoms with Crippen molar-refractivity contribution in [2.24, 2.45) is 5.92 Å². The first-order valence-corrected chi connectivity index (χ1v) is 10.2. The number of likely N-dealkylation sites (N-methyl/N-ethyl adjacent to an activating group) is 1. The van der Waals surface area contributed by atoms with Gasteiger partial charge < -0.3 is 15.1 Å². The lowest BCUT2D eigenvalue weighted by Gasteiger charge is -2.24. The molecule has 1 aliphatic rings. The Kier molecular flexibility index (Phi) is 7.31. The maximum atomic E-state index is 13.6. The Hall–Kier alpha value is -3.89. The van der Waals surface area contributed by atoms with Crippen LogP contribution in [0.5, 0.6) is 0 Å². The molecule has 1 atom stereocenters. The van der Waals surface area contributed by atoms with Gasteiger partial charge in [0.1, 0.15) is 5.82 Å². The molecule has 33 heavy (non-hydrogen) atoms. The largest absolute Gasteiger partial charge is 0.350 e. The molecule has 0 bridgehead atoms. The summed E-state index contributed by atoms with van der Waals surface area (Å²) in [6.45, 7) is 1.85. The molecule has 0 aromatic heterocycles. The monoisotopic (exact) mass is 460 g/mol. The highest BCUT2D eigenvalue weighted by molar-refractivity contribution is 6.01. The number of amides is 3. The maximum Gasteiger partial charge on any atom is 0.306 e. The molecule has 1 aliphatic heterocycles. The van der Waals surface area contributed by atoms with Crippen LogP contribution in [0.15, 0.2) is 42.5 Å². The molecule has 2 aromatic carbocycles. The summed E-state index contributed by atoms with van der Waals surface area (Å²) in [5, 5.41) is 13.6. The van der Waals surface area contributed by atoms with Crippen LogP contribution in [-0.2, 0) is 20.9 Å². The van der Waals surface area contributed by atoms with E-state index in [2.05, 4.69) is 5.32 Å². The molecule has 1 N–H and O–H groups in total. The summed E-state index contributed by atoms with van der Waals surface area (Å²) in [4.78, 5) is 50.3. The second-order valence-corrected chi connectivity index (χ2v) is 7.55. The minimum Gasteiger partial charge on any atom is -0.350 e. The topological polar surface area (TPSA) is 113 Å². The predicted octanol–water partition coefficient (Wildman–Crippen LogP) is 2.39. The summed E-state index contributed by atoms with van der Waals surface area (Å²) in [5.74, 6) is -3.39. The number of nitro benzene ring substituents is 1. The van der Waals surface area contributed by atoms with Gasteiger partial charge in [-0.25, -0.2) is 4.39 Å². The van der Waals surface area contributed by atoms with Crippen LogP contribution in [0.3, 0.4) is 0 Å². The molecule has 1 unspecified atom stereocenters. The molecule has 2 aromatic rings. The number of nitrogens with zero attached hydrogens (tertiary/aromatic N) is 3. The van der Waals surface area contributed by atoms with Crippen molar-refractivity contribution in [2.75, 3.05) is 24.5 Å². The molecule has 11 heteroatoms. The second kappa shape index (κ2) is 10.2. The van der Waals surface area contributed by atoms with Crippen LogP contribution in [0.1, 0.15) is 18.9 Å². The molecule has 3 rings (SSSR count). The van der Waals surface area contributed by atoms with Gasteiger partial charge in [0, 0.05) is 32.1 Å². The number of halogens is 2. The minimum absolute atomic E-state index is 0.0336. The molecule has 0 saturated carbocycles. The number of carbonyl (C=O) groups is 3. The number of benzene rings is 2. The number of carbonyl (C=O) groups excluding carboxylic acids is 3. The highest BCUT2D eigenvalue weighted by Crippen LogP contribution is 2.30. The zero-order chi connectivity index (χ0) is 24.1. The van der Waals surface area contributed by atoms with Crippen molar-refractivity contribution in [3.63, 3.8) is 0 Å². The van der Waals surface area contributed by atoms with Gasteiger partial charge in [-0.2, -0.15) is 4.39 Å². The SMILES string of the molecule is CCN(CC(=O)NCc1ccc(F)cc1)C(=O)C1CC(=O)N(c2ccc(F)c([N+](=O)[O-])c2)C1. The zero-order valence-electron chi connectivity index (χ0n) is 17.8. The van der Waals surface area contributed by atoms with E-state index in [-0.39, 0.29) is 44.1 Å². The highest BCUT2D eigenvalue weighted by Gasteiger charge is 2.38. The van der Waals surface area contributed by atoms with E-state index in [0.29, 0.717) is 5.56 Å². The predicted molar refractivity (Wildman–Crippen MR) is 114 cm³/mol. The maximum absolute atomic E-state index is 13.6. The first kappa shape index (κ1) is 23.8. The average molecular weight is 460 g/mol. The molecule has 174 valence electrons. The third kappa shape index (κ3) is 5.68. The fraction of sp³-hybridized carbons (Fsp3) is 0.318. The Morgan fingerprint density at radius 1 is 1.21 bits per heavy atom. The lowest BCUT2D eigenvalue weighted by molar-refractivity contribution is -0.387. The van der Waals surface area contributed by atoms with Crippen molar-refractivity contribution in [2.45, 2.75) is 19.9 Å². The van der Waals surface area contributed by atoms with Crippen molar-refractivity contribution in [3.8, 4) is 0 Å². The minimum atomic E-state index is -1.02. The second-order valence-electron chi connectivity index (χ2n) is 7.55. The summed E-state index contributed by atoms with van der Waals surface area (Å²) in [5.41, 5.74) is 0.0659. The van der Waals surface area contributed by atoms with E-state index in [4.69, 9.17) is 0 Å². The third-order valence-electron chi connectivity index (χ3n) is 5.34. The molecule has 1 fully saturated rings. The lowest BCUT2D eigenvalue weighted by Crippen LogP contribution is -2.43. The van der Waals surface area contributed by atoms with Gasteiger partial charge in [-0.15, -0.1) is 0 Å². The fourth-order valence-corrected chi connectivity index (χ4v) is 3.57. The Bertz CT molecular complexity index is 1080. The van der Waals surface area contributed by atoms with Gasteiger partial charge in [0.05, 0.1) is 23.1 Å². The Balaban J connectivity index is 1.61. The Morgan fingerprint density at radius 3 is 2.55 bits per heavy atom. The summed E-state index contributed by atoms with van der Waals surface area (Å²) in [7, 11) is 0. The number of hydrogen-bond donors (Lipinski definition) is 1. The lowest BCUT2D eigenvalue weighted by atomic mass is 10.1. The Morgan fingerprint density at radius 2 is 1.91 bits per heavy atom. The van der Waals surface area contributed by atoms with E-state index >= 15 is 0 Å². The number of anilines is 1. The summed E-state index contributed by atoms with van der Waals surface area (Å²) in [6.07, 6.45) is -0.127. The standard InChI is InChI=1S/C22H22F2N4O5/c1-2-26(13-20(29)25-11-14-3-5-16(23)6-4-14)22(31)15-9-21(30)27(12-15)17-7-8-18(24)19(10-17)28(32)33/h3-8,10,15H,2,9,11-13H2,1H3,(H,25,29). The molecule has 1 heterocycles. The number of nitro groups is 1. The van der Waals surface area contributed by atoms with Crippen LogP contribution >= 0.6 is 0 Å². The van der Waals surface area contributed by atoms with Gasteiger partial charge in [0.2, 0.25) is 23.5 Å². The van der Waals surface area contributed by atoms with E-state index in [0.717, 1.165) is 12.1 Å². The summed E-state index contributed by atoms with van der Waals surface area (Å²) in [6, 6.07) is 8.74. The Labute approximate surface area is 188 Å². The van der Waals surface area contributed by atoms with Crippen LogP contribution in [0.25, 0.3) is 0 Å². The van der Waals surface area contributed by atoms with E-state index in [1.54, 1.807) is 6.92 Å². The van der Waals surface area contributed by atoms with Crippen LogP contribution in [-0.4, -0.2) is 47.2 Å². The molecule has 9 nitrogen and oxygen atoms in total. The first-order chi connectivity index (χ1) is 15.7. The molecular weight excluding hydrogens is 438 g/mol. The average Bonchev–Trinajstić information content (AvgIpc) is 3.18. The van der Waals surface area contributed by atoms with E-state index in [1.807, 2.05) is 0 Å². The molecule has 0 radical (unpaired) electrons. The summed E-state index contributed by atoms with van der Waals surface area (Å²) < 4.78 is 26.6. The van der Waals surface area contributed by atoms with E-state index in [9.17, 15) is 33.3 Å². The van der Waals surface area contributed by atoms with Crippen molar-refractivity contribution in [1.82, 2.24) is 10.2 Å². The van der Waals surface area contributed by atoms with Gasteiger partial charge >= 0.3 is 5.69 Å². The van der Waals surface area contributed by atoms with E-state index < -0.39 is 40.1 Å². The number of nitrogens with one attached hydrogen (secondary N) is 1. The van der Waals surface area contributed by atoms with Gasteiger partial charge in [-0.3, -0.25) is 24.5 Å². The van der Waals surface area contributed by atoms with Crippen molar-refractivity contribution < 1.29 is 28.1 Å². The van der Waals surface area contributed by atoms with Gasteiger partial charge in [-0.05, 0) is 36.8 Å². The normalized spacial score (nSPS) is 15.4. The van der Waals surface area contributed by atoms with Gasteiger partial charge in [0.15, 0.2) is 0 Å². The van der Waals surface area contributed by atoms with Crippen molar-refractivity contribution in [1.29, 1.82) is 0 Å². The smallest absolute Gasteiger partial charge is 0.306 e. The van der Waals surface area contributed by atoms with Crippen LogP contribution < -0.4 is 10.2 Å². The molecular formula is C22H22F2N4O5. The fourth-order valence-electron chi connectivity index (χ4n) is 3.57. The van der Waals surface area contributed by atoms with Gasteiger partial charge in [-0.1, -0.05) is 12.1 Å².